The normalized spacial score (nSPS) is 10.3. The molecular weight excluding hydrogens is 332 g/mol. The zero-order valence-corrected chi connectivity index (χ0v) is 14.6. The van der Waals surface area contributed by atoms with Crippen molar-refractivity contribution in [1.82, 2.24) is 4.98 Å². The number of aromatic nitrogens is 1. The predicted molar refractivity (Wildman–Crippen MR) is 101 cm³/mol. The van der Waals surface area contributed by atoms with E-state index in [1.54, 1.807) is 12.4 Å². The van der Waals surface area contributed by atoms with E-state index in [-0.39, 0.29) is 5.91 Å². The first kappa shape index (κ1) is 17.0. The van der Waals surface area contributed by atoms with E-state index in [0.717, 1.165) is 10.6 Å². The summed E-state index contributed by atoms with van der Waals surface area (Å²) in [6.45, 7) is 2.04. The Morgan fingerprint density at radius 1 is 1.04 bits per heavy atom. The third-order valence-electron chi connectivity index (χ3n) is 3.40. The van der Waals surface area contributed by atoms with Crippen molar-refractivity contribution >= 4 is 23.4 Å². The molecule has 1 amide bonds. The average Bonchev–Trinajstić information content (AvgIpc) is 2.64. The highest BCUT2D eigenvalue weighted by atomic mass is 32.2. The molecule has 25 heavy (non-hydrogen) atoms. The van der Waals surface area contributed by atoms with Crippen LogP contribution in [0.15, 0.2) is 78.0 Å². The number of nitrogens with zero attached hydrogens (tertiary/aromatic N) is 1. The van der Waals surface area contributed by atoms with Gasteiger partial charge in [-0.1, -0.05) is 17.7 Å². The Bertz CT molecular complexity index is 819. The number of hydrogen-bond acceptors (Lipinski definition) is 4. The van der Waals surface area contributed by atoms with Crippen LogP contribution in [0.2, 0.25) is 0 Å². The molecule has 3 rings (SSSR count). The summed E-state index contributed by atoms with van der Waals surface area (Å²) >= 11 is 1.52. The third kappa shape index (κ3) is 5.36. The summed E-state index contributed by atoms with van der Waals surface area (Å²) in [5.74, 6) is 1.71. The van der Waals surface area contributed by atoms with E-state index >= 15 is 0 Å². The fraction of sp³-hybridized carbons (Fsp3) is 0.100. The second kappa shape index (κ2) is 8.35. The summed E-state index contributed by atoms with van der Waals surface area (Å²) in [6, 6.07) is 19.1. The minimum Gasteiger partial charge on any atom is -0.456 e. The second-order valence-electron chi connectivity index (χ2n) is 5.47. The van der Waals surface area contributed by atoms with Crippen LogP contribution in [-0.4, -0.2) is 16.6 Å². The number of benzene rings is 2. The Kier molecular flexibility index (Phi) is 5.69. The van der Waals surface area contributed by atoms with Gasteiger partial charge in [-0.25, -0.2) is 0 Å². The highest BCUT2D eigenvalue weighted by molar-refractivity contribution is 8.00. The lowest BCUT2D eigenvalue weighted by Crippen LogP contribution is -2.13. The minimum absolute atomic E-state index is 0.0356. The molecule has 0 saturated carbocycles. The SMILES string of the molecule is Cc1ccc(SCC(=O)Nc2ccc(Oc3cccnc3)cc2)cc1. The van der Waals surface area contributed by atoms with Gasteiger partial charge in [0.2, 0.25) is 5.91 Å². The van der Waals surface area contributed by atoms with Crippen LogP contribution in [0.4, 0.5) is 5.69 Å². The van der Waals surface area contributed by atoms with Gasteiger partial charge in [0, 0.05) is 16.8 Å². The first-order valence-electron chi connectivity index (χ1n) is 7.86. The number of ether oxygens (including phenoxy) is 1. The molecule has 1 aromatic heterocycles. The molecule has 0 aliphatic carbocycles. The largest absolute Gasteiger partial charge is 0.456 e. The Morgan fingerprint density at radius 3 is 2.48 bits per heavy atom. The van der Waals surface area contributed by atoms with E-state index in [2.05, 4.69) is 10.3 Å². The minimum atomic E-state index is -0.0356. The van der Waals surface area contributed by atoms with Gasteiger partial charge >= 0.3 is 0 Å². The van der Waals surface area contributed by atoms with Crippen LogP contribution in [0.5, 0.6) is 11.5 Å². The van der Waals surface area contributed by atoms with Crippen molar-refractivity contribution in [3.05, 3.63) is 78.6 Å². The van der Waals surface area contributed by atoms with Crippen molar-refractivity contribution in [2.24, 2.45) is 0 Å². The molecule has 126 valence electrons. The van der Waals surface area contributed by atoms with Crippen LogP contribution >= 0.6 is 11.8 Å². The summed E-state index contributed by atoms with van der Waals surface area (Å²) in [6.07, 6.45) is 3.35. The van der Waals surface area contributed by atoms with Crippen LogP contribution in [0.1, 0.15) is 5.56 Å². The Balaban J connectivity index is 1.50. The van der Waals surface area contributed by atoms with Crippen molar-refractivity contribution in [3.63, 3.8) is 0 Å². The summed E-state index contributed by atoms with van der Waals surface area (Å²) in [7, 11) is 0. The van der Waals surface area contributed by atoms with E-state index in [1.165, 1.54) is 17.3 Å². The van der Waals surface area contributed by atoms with E-state index in [0.29, 0.717) is 17.3 Å². The fourth-order valence-electron chi connectivity index (χ4n) is 2.13. The van der Waals surface area contributed by atoms with Crippen LogP contribution in [0.3, 0.4) is 0 Å². The maximum Gasteiger partial charge on any atom is 0.234 e. The van der Waals surface area contributed by atoms with Crippen molar-refractivity contribution < 1.29 is 9.53 Å². The average molecular weight is 350 g/mol. The van der Waals surface area contributed by atoms with Crippen LogP contribution in [-0.2, 0) is 4.79 Å². The Hall–Kier alpha value is -2.79. The lowest BCUT2D eigenvalue weighted by atomic mass is 10.2. The molecule has 1 heterocycles. The highest BCUT2D eigenvalue weighted by Gasteiger charge is 2.04. The number of anilines is 1. The molecule has 2 aromatic carbocycles. The number of carbonyl (C=O) groups is 1. The van der Waals surface area contributed by atoms with Gasteiger partial charge in [-0.05, 0) is 55.5 Å². The molecule has 0 fully saturated rings. The first-order valence-corrected chi connectivity index (χ1v) is 8.85. The summed E-state index contributed by atoms with van der Waals surface area (Å²) in [5, 5.41) is 2.89. The maximum atomic E-state index is 12.1. The number of amides is 1. The van der Waals surface area contributed by atoms with E-state index in [4.69, 9.17) is 4.74 Å². The number of aryl methyl sites for hydroxylation is 1. The van der Waals surface area contributed by atoms with Gasteiger partial charge in [-0.3, -0.25) is 9.78 Å². The number of rotatable bonds is 6. The van der Waals surface area contributed by atoms with Gasteiger partial charge in [-0.2, -0.15) is 0 Å². The van der Waals surface area contributed by atoms with Gasteiger partial charge < -0.3 is 10.1 Å². The van der Waals surface area contributed by atoms with Gasteiger partial charge in [0.05, 0.1) is 11.9 Å². The lowest BCUT2D eigenvalue weighted by molar-refractivity contribution is -0.113. The molecule has 0 spiro atoms. The maximum absolute atomic E-state index is 12.1. The van der Waals surface area contributed by atoms with Crippen molar-refractivity contribution in [3.8, 4) is 11.5 Å². The van der Waals surface area contributed by atoms with E-state index in [9.17, 15) is 4.79 Å². The standard InChI is InChI=1S/C20H18N2O2S/c1-15-4-10-19(11-5-15)25-14-20(23)22-16-6-8-17(9-7-16)24-18-3-2-12-21-13-18/h2-13H,14H2,1H3,(H,22,23). The molecule has 0 aliphatic rings. The number of pyridine rings is 1. The van der Waals surface area contributed by atoms with Crippen LogP contribution < -0.4 is 10.1 Å². The fourth-order valence-corrected chi connectivity index (χ4v) is 2.83. The topological polar surface area (TPSA) is 51.2 Å². The highest BCUT2D eigenvalue weighted by Crippen LogP contribution is 2.23. The number of thioether (sulfide) groups is 1. The Morgan fingerprint density at radius 2 is 1.80 bits per heavy atom. The van der Waals surface area contributed by atoms with Gasteiger partial charge in [0.15, 0.2) is 0 Å². The molecule has 5 heteroatoms. The molecular formula is C20H18N2O2S. The third-order valence-corrected chi connectivity index (χ3v) is 4.41. The van der Waals surface area contributed by atoms with Crippen molar-refractivity contribution in [2.45, 2.75) is 11.8 Å². The predicted octanol–water partition coefficient (Wildman–Crippen LogP) is 4.91. The van der Waals surface area contributed by atoms with Crippen molar-refractivity contribution in [2.75, 3.05) is 11.1 Å². The molecule has 0 radical (unpaired) electrons. The zero-order valence-electron chi connectivity index (χ0n) is 13.8. The number of carbonyl (C=O) groups excluding carboxylic acids is 1. The summed E-state index contributed by atoms with van der Waals surface area (Å²) < 4.78 is 5.67. The number of hydrogen-bond donors (Lipinski definition) is 1. The van der Waals surface area contributed by atoms with Crippen molar-refractivity contribution in [1.29, 1.82) is 0 Å². The van der Waals surface area contributed by atoms with Gasteiger partial charge in [0.1, 0.15) is 11.5 Å². The molecule has 0 saturated heterocycles. The van der Waals surface area contributed by atoms with E-state index < -0.39 is 0 Å². The number of nitrogens with one attached hydrogen (secondary N) is 1. The molecule has 0 bridgehead atoms. The molecule has 0 aliphatic heterocycles. The van der Waals surface area contributed by atoms with Gasteiger partial charge in [0.25, 0.3) is 0 Å². The lowest BCUT2D eigenvalue weighted by Gasteiger charge is -2.08. The van der Waals surface area contributed by atoms with Gasteiger partial charge in [-0.15, -0.1) is 11.8 Å². The van der Waals surface area contributed by atoms with Crippen LogP contribution in [0, 0.1) is 6.92 Å². The summed E-state index contributed by atoms with van der Waals surface area (Å²) in [4.78, 5) is 17.1. The Labute approximate surface area is 151 Å². The molecule has 1 N–H and O–H groups in total. The second-order valence-corrected chi connectivity index (χ2v) is 6.51. The summed E-state index contributed by atoms with van der Waals surface area (Å²) in [5.41, 5.74) is 1.95. The molecule has 3 aromatic rings. The molecule has 0 atom stereocenters. The molecule has 0 unspecified atom stereocenters. The molecule has 4 nitrogen and oxygen atoms in total. The van der Waals surface area contributed by atoms with E-state index in [1.807, 2.05) is 67.6 Å². The zero-order chi connectivity index (χ0) is 17.5. The smallest absolute Gasteiger partial charge is 0.234 e. The quantitative estimate of drug-likeness (QED) is 0.642. The van der Waals surface area contributed by atoms with Crippen LogP contribution in [0.25, 0.3) is 0 Å². The first-order chi connectivity index (χ1) is 12.2. The monoisotopic (exact) mass is 350 g/mol.